The van der Waals surface area contributed by atoms with Crippen molar-refractivity contribution in [1.82, 2.24) is 9.59 Å². The van der Waals surface area contributed by atoms with Gasteiger partial charge in [-0.25, -0.2) is 0 Å². The van der Waals surface area contributed by atoms with E-state index >= 15 is 0 Å². The van der Waals surface area contributed by atoms with Crippen LogP contribution in [0.2, 0.25) is 0 Å². The summed E-state index contributed by atoms with van der Waals surface area (Å²) in [6, 6.07) is 0. The Balaban J connectivity index is 2.49. The minimum Gasteiger partial charge on any atom is -0.143 e. The third-order valence-electron chi connectivity index (χ3n) is 1.40. The van der Waals surface area contributed by atoms with Crippen molar-refractivity contribution in [3.8, 4) is 0 Å². The lowest BCUT2D eigenvalue weighted by atomic mass is 10.2. The van der Waals surface area contributed by atoms with Crippen LogP contribution in [0.4, 0.5) is 0 Å². The Bertz CT molecular complexity index is 195. The van der Waals surface area contributed by atoms with Crippen molar-refractivity contribution in [2.24, 2.45) is 0 Å². The second-order valence-corrected chi connectivity index (χ2v) is 3.08. The van der Waals surface area contributed by atoms with Gasteiger partial charge in [-0.2, -0.15) is 0 Å². The molecule has 1 rings (SSSR count). The van der Waals surface area contributed by atoms with Crippen molar-refractivity contribution in [3.05, 3.63) is 17.5 Å². The second kappa shape index (κ2) is 3.66. The number of rotatable bonds is 3. The lowest BCUT2D eigenvalue weighted by Crippen LogP contribution is -1.83. The molecule has 3 heteroatoms. The smallest absolute Gasteiger partial charge is 0.0756 e. The summed E-state index contributed by atoms with van der Waals surface area (Å²) < 4.78 is 3.85. The molecule has 0 fully saturated rings. The third kappa shape index (κ3) is 1.77. The summed E-state index contributed by atoms with van der Waals surface area (Å²) >= 11 is 1.50. The van der Waals surface area contributed by atoms with Gasteiger partial charge in [0.05, 0.1) is 5.69 Å². The number of unbranched alkanes of at least 4 members (excludes halogenated alkanes) is 1. The van der Waals surface area contributed by atoms with Gasteiger partial charge >= 0.3 is 0 Å². The summed E-state index contributed by atoms with van der Waals surface area (Å²) in [6.45, 7) is 5.78. The molecule has 0 unspecified atom stereocenters. The lowest BCUT2D eigenvalue weighted by Gasteiger charge is -1.92. The van der Waals surface area contributed by atoms with Gasteiger partial charge in [0.1, 0.15) is 0 Å². The Morgan fingerprint density at radius 3 is 2.90 bits per heavy atom. The molecule has 0 bridgehead atoms. The van der Waals surface area contributed by atoms with Crippen LogP contribution < -0.4 is 0 Å². The number of hydrogen-bond donors (Lipinski definition) is 0. The molecule has 2 nitrogen and oxygen atoms in total. The first-order chi connectivity index (χ1) is 4.84. The van der Waals surface area contributed by atoms with E-state index < -0.39 is 0 Å². The van der Waals surface area contributed by atoms with Gasteiger partial charge in [0, 0.05) is 4.88 Å². The fourth-order valence-electron chi connectivity index (χ4n) is 0.765. The van der Waals surface area contributed by atoms with Gasteiger partial charge in [-0.05, 0) is 31.3 Å². The van der Waals surface area contributed by atoms with E-state index in [1.807, 2.05) is 6.92 Å². The van der Waals surface area contributed by atoms with E-state index in [4.69, 9.17) is 0 Å². The van der Waals surface area contributed by atoms with Crippen LogP contribution in [0, 0.1) is 13.8 Å². The summed E-state index contributed by atoms with van der Waals surface area (Å²) in [5, 5.41) is 3.92. The van der Waals surface area contributed by atoms with E-state index in [0.717, 1.165) is 25.0 Å². The second-order valence-electron chi connectivity index (χ2n) is 2.24. The molecule has 1 aromatic heterocycles. The molecule has 0 spiro atoms. The average Bonchev–Trinajstić information content (AvgIpc) is 2.31. The predicted molar refractivity (Wildman–Crippen MR) is 42.9 cm³/mol. The third-order valence-corrected chi connectivity index (χ3v) is 2.28. The number of aryl methyl sites for hydroxylation is 2. The van der Waals surface area contributed by atoms with Crippen molar-refractivity contribution >= 4 is 11.5 Å². The molecule has 0 saturated carbocycles. The Morgan fingerprint density at radius 1 is 1.60 bits per heavy atom. The minimum atomic E-state index is 0.997. The zero-order chi connectivity index (χ0) is 7.40. The quantitative estimate of drug-likeness (QED) is 0.667. The first-order valence-electron chi connectivity index (χ1n) is 3.41. The highest BCUT2D eigenvalue weighted by molar-refractivity contribution is 7.05. The monoisotopic (exact) mass is 155 g/mol. The van der Waals surface area contributed by atoms with Crippen LogP contribution in [0.5, 0.6) is 0 Å². The molecule has 0 aliphatic carbocycles. The first kappa shape index (κ1) is 7.66. The molecule has 10 heavy (non-hydrogen) atoms. The van der Waals surface area contributed by atoms with Crippen LogP contribution in [-0.4, -0.2) is 9.59 Å². The molecule has 0 amide bonds. The van der Waals surface area contributed by atoms with E-state index in [1.165, 1.54) is 16.4 Å². The molecule has 0 aromatic carbocycles. The Labute approximate surface area is 65.4 Å². The maximum Gasteiger partial charge on any atom is 0.0756 e. The zero-order valence-electron chi connectivity index (χ0n) is 6.13. The van der Waals surface area contributed by atoms with E-state index in [0.29, 0.717) is 0 Å². The molecule has 0 aliphatic heterocycles. The summed E-state index contributed by atoms with van der Waals surface area (Å²) in [5.74, 6) is 0. The minimum absolute atomic E-state index is 0.997. The van der Waals surface area contributed by atoms with Crippen molar-refractivity contribution in [1.29, 1.82) is 0 Å². The summed E-state index contributed by atoms with van der Waals surface area (Å²) in [6.07, 6.45) is 3.23. The number of hydrogen-bond acceptors (Lipinski definition) is 3. The van der Waals surface area contributed by atoms with Crippen LogP contribution >= 0.6 is 11.5 Å². The molecular weight excluding hydrogens is 144 g/mol. The fourth-order valence-corrected chi connectivity index (χ4v) is 1.44. The van der Waals surface area contributed by atoms with E-state index in [1.54, 1.807) is 0 Å². The van der Waals surface area contributed by atoms with Crippen molar-refractivity contribution < 1.29 is 0 Å². The van der Waals surface area contributed by atoms with Crippen LogP contribution in [0.1, 0.15) is 23.4 Å². The Hall–Kier alpha value is -0.440. The standard InChI is InChI=1S/C7H11N2S/c1-3-4-5-7-6(2)8-9-10-7/h1,3-5H2,2H3. The van der Waals surface area contributed by atoms with Crippen LogP contribution in [0.3, 0.4) is 0 Å². The molecule has 0 saturated heterocycles. The lowest BCUT2D eigenvalue weighted by molar-refractivity contribution is 0.843. The molecule has 0 atom stereocenters. The van der Waals surface area contributed by atoms with Crippen molar-refractivity contribution in [3.63, 3.8) is 0 Å². The zero-order valence-corrected chi connectivity index (χ0v) is 6.95. The van der Waals surface area contributed by atoms with E-state index in [2.05, 4.69) is 16.5 Å². The van der Waals surface area contributed by atoms with Crippen LogP contribution in [0.15, 0.2) is 0 Å². The van der Waals surface area contributed by atoms with Gasteiger partial charge in [0.2, 0.25) is 0 Å². The number of aromatic nitrogens is 2. The SMILES string of the molecule is [CH2]CCCc1snnc1C. The molecule has 0 aliphatic rings. The fraction of sp³-hybridized carbons (Fsp3) is 0.571. The highest BCUT2D eigenvalue weighted by atomic mass is 32.1. The van der Waals surface area contributed by atoms with Crippen LogP contribution in [-0.2, 0) is 6.42 Å². The molecular formula is C7H11N2S. The van der Waals surface area contributed by atoms with Gasteiger partial charge in [0.15, 0.2) is 0 Å². The first-order valence-corrected chi connectivity index (χ1v) is 4.19. The predicted octanol–water partition coefficient (Wildman–Crippen LogP) is 2.00. The summed E-state index contributed by atoms with van der Waals surface area (Å²) in [4.78, 5) is 1.31. The molecule has 1 radical (unpaired) electrons. The normalized spacial score (nSPS) is 10.2. The highest BCUT2D eigenvalue weighted by Gasteiger charge is 2.00. The molecule has 55 valence electrons. The topological polar surface area (TPSA) is 25.8 Å². The maximum absolute atomic E-state index is 3.92. The van der Waals surface area contributed by atoms with Gasteiger partial charge in [0.25, 0.3) is 0 Å². The molecule has 1 aromatic rings. The number of nitrogens with zero attached hydrogens (tertiary/aromatic N) is 2. The van der Waals surface area contributed by atoms with Gasteiger partial charge in [-0.3, -0.25) is 0 Å². The molecule has 1 heterocycles. The van der Waals surface area contributed by atoms with Gasteiger partial charge in [-0.1, -0.05) is 17.8 Å². The Kier molecular flexibility index (Phi) is 2.81. The maximum atomic E-state index is 3.92. The largest absolute Gasteiger partial charge is 0.143 e. The van der Waals surface area contributed by atoms with Gasteiger partial charge < -0.3 is 0 Å². The average molecular weight is 155 g/mol. The summed E-state index contributed by atoms with van der Waals surface area (Å²) in [7, 11) is 0. The van der Waals surface area contributed by atoms with Gasteiger partial charge in [-0.15, -0.1) is 5.10 Å². The van der Waals surface area contributed by atoms with E-state index in [-0.39, 0.29) is 0 Å². The van der Waals surface area contributed by atoms with Crippen molar-refractivity contribution in [2.75, 3.05) is 0 Å². The van der Waals surface area contributed by atoms with Crippen molar-refractivity contribution in [2.45, 2.75) is 26.2 Å². The van der Waals surface area contributed by atoms with Crippen LogP contribution in [0.25, 0.3) is 0 Å². The highest BCUT2D eigenvalue weighted by Crippen LogP contribution is 2.11. The molecule has 0 N–H and O–H groups in total. The summed E-state index contributed by atoms with van der Waals surface area (Å²) in [5.41, 5.74) is 1.08. The Morgan fingerprint density at radius 2 is 2.40 bits per heavy atom. The van der Waals surface area contributed by atoms with E-state index in [9.17, 15) is 0 Å².